The average Bonchev–Trinajstić information content (AvgIpc) is 3.34. The number of nitrogens with zero attached hydrogens (tertiary/aromatic N) is 4. The highest BCUT2D eigenvalue weighted by atomic mass is 19.1. The van der Waals surface area contributed by atoms with E-state index >= 15 is 0 Å². The molecule has 0 amide bonds. The minimum Gasteiger partial charge on any atom is -0.306 e. The van der Waals surface area contributed by atoms with Crippen LogP contribution in [0.5, 0.6) is 0 Å². The fourth-order valence-corrected chi connectivity index (χ4v) is 3.27. The Morgan fingerprint density at radius 3 is 2.57 bits per heavy atom. The summed E-state index contributed by atoms with van der Waals surface area (Å²) < 4.78 is 17.2. The first-order valence-electron chi connectivity index (χ1n) is 9.24. The molecule has 4 rings (SSSR count). The standard InChI is InChI=1S/C22H22FN5/c1-16(22-14-26-28(17(22)2)21-10-6-7-19(23)11-21)24-12-18-13-25-27(15-18)20-8-4-3-5-9-20/h3-11,13-16,24H,12H2,1-2H3/t16-/m0/s1. The SMILES string of the molecule is Cc1c([C@H](C)NCc2cnn(-c3ccccc3)c2)cnn1-c1cccc(F)c1. The van der Waals surface area contributed by atoms with Crippen molar-refractivity contribution in [3.05, 3.63) is 95.8 Å². The van der Waals surface area contributed by atoms with Crippen molar-refractivity contribution in [1.82, 2.24) is 24.9 Å². The number of hydrogen-bond donors (Lipinski definition) is 1. The van der Waals surface area contributed by atoms with Crippen LogP contribution in [0.3, 0.4) is 0 Å². The van der Waals surface area contributed by atoms with Gasteiger partial charge in [-0.1, -0.05) is 24.3 Å². The maximum Gasteiger partial charge on any atom is 0.125 e. The molecule has 0 saturated heterocycles. The molecule has 0 aliphatic rings. The van der Waals surface area contributed by atoms with E-state index in [-0.39, 0.29) is 11.9 Å². The third kappa shape index (κ3) is 3.73. The predicted octanol–water partition coefficient (Wildman–Crippen LogP) is 4.36. The van der Waals surface area contributed by atoms with Crippen molar-refractivity contribution in [2.24, 2.45) is 0 Å². The van der Waals surface area contributed by atoms with Gasteiger partial charge >= 0.3 is 0 Å². The van der Waals surface area contributed by atoms with E-state index in [0.29, 0.717) is 6.54 Å². The molecule has 2 aromatic heterocycles. The van der Waals surface area contributed by atoms with Crippen molar-refractivity contribution >= 4 is 0 Å². The summed E-state index contributed by atoms with van der Waals surface area (Å²) in [6, 6.07) is 16.6. The molecule has 0 fully saturated rings. The number of hydrogen-bond acceptors (Lipinski definition) is 3. The van der Waals surface area contributed by atoms with Gasteiger partial charge in [0.15, 0.2) is 0 Å². The number of rotatable bonds is 6. The second kappa shape index (κ2) is 7.78. The van der Waals surface area contributed by atoms with Crippen molar-refractivity contribution in [2.45, 2.75) is 26.4 Å². The van der Waals surface area contributed by atoms with Gasteiger partial charge in [0.2, 0.25) is 0 Å². The molecule has 2 aromatic carbocycles. The van der Waals surface area contributed by atoms with Gasteiger partial charge in [0, 0.05) is 35.6 Å². The molecule has 1 atom stereocenters. The summed E-state index contributed by atoms with van der Waals surface area (Å²) in [5.74, 6) is -0.268. The van der Waals surface area contributed by atoms with E-state index in [1.54, 1.807) is 10.7 Å². The Kier molecular flexibility index (Phi) is 5.04. The molecule has 0 aliphatic heterocycles. The van der Waals surface area contributed by atoms with Crippen molar-refractivity contribution in [2.75, 3.05) is 0 Å². The zero-order chi connectivity index (χ0) is 19.5. The van der Waals surface area contributed by atoms with Gasteiger partial charge in [-0.3, -0.25) is 0 Å². The zero-order valence-electron chi connectivity index (χ0n) is 15.9. The van der Waals surface area contributed by atoms with Crippen LogP contribution in [0, 0.1) is 12.7 Å². The van der Waals surface area contributed by atoms with Crippen LogP contribution in [0.4, 0.5) is 4.39 Å². The van der Waals surface area contributed by atoms with E-state index in [1.165, 1.54) is 12.1 Å². The topological polar surface area (TPSA) is 47.7 Å². The van der Waals surface area contributed by atoms with E-state index < -0.39 is 0 Å². The van der Waals surface area contributed by atoms with Gasteiger partial charge in [-0.2, -0.15) is 10.2 Å². The Balaban J connectivity index is 1.45. The fourth-order valence-electron chi connectivity index (χ4n) is 3.27. The van der Waals surface area contributed by atoms with Gasteiger partial charge in [0.05, 0.1) is 23.8 Å². The lowest BCUT2D eigenvalue weighted by Gasteiger charge is -2.13. The molecule has 6 heteroatoms. The molecule has 0 saturated carbocycles. The Morgan fingerprint density at radius 1 is 1.00 bits per heavy atom. The first kappa shape index (κ1) is 18.1. The van der Waals surface area contributed by atoms with E-state index in [1.807, 2.05) is 66.6 Å². The van der Waals surface area contributed by atoms with Crippen LogP contribution < -0.4 is 5.32 Å². The molecule has 0 spiro atoms. The minimum atomic E-state index is -0.268. The van der Waals surface area contributed by atoms with Gasteiger partial charge in [-0.05, 0) is 44.2 Å². The van der Waals surface area contributed by atoms with Gasteiger partial charge in [0.25, 0.3) is 0 Å². The third-order valence-corrected chi connectivity index (χ3v) is 4.84. The zero-order valence-corrected chi connectivity index (χ0v) is 15.9. The van der Waals surface area contributed by atoms with Gasteiger partial charge in [0.1, 0.15) is 5.82 Å². The fraction of sp³-hybridized carbons (Fsp3) is 0.182. The van der Waals surface area contributed by atoms with Crippen LogP contribution in [0.15, 0.2) is 73.2 Å². The number of aromatic nitrogens is 4. The first-order chi connectivity index (χ1) is 13.6. The van der Waals surface area contributed by atoms with Gasteiger partial charge in [-0.15, -0.1) is 0 Å². The summed E-state index contributed by atoms with van der Waals surface area (Å²) in [4.78, 5) is 0. The molecule has 4 aromatic rings. The smallest absolute Gasteiger partial charge is 0.125 e. The van der Waals surface area contributed by atoms with Gasteiger partial charge < -0.3 is 5.32 Å². The molecule has 0 unspecified atom stereocenters. The summed E-state index contributed by atoms with van der Waals surface area (Å²) in [6.07, 6.45) is 5.74. The van der Waals surface area contributed by atoms with Crippen LogP contribution in [0.1, 0.15) is 29.8 Å². The Hall–Kier alpha value is -3.25. The van der Waals surface area contributed by atoms with E-state index in [0.717, 1.165) is 28.2 Å². The monoisotopic (exact) mass is 375 g/mol. The summed E-state index contributed by atoms with van der Waals surface area (Å²) in [5.41, 5.74) is 4.94. The second-order valence-electron chi connectivity index (χ2n) is 6.81. The highest BCUT2D eigenvalue weighted by Gasteiger charge is 2.14. The van der Waals surface area contributed by atoms with Crippen molar-refractivity contribution < 1.29 is 4.39 Å². The highest BCUT2D eigenvalue weighted by Crippen LogP contribution is 2.21. The number of halogens is 1. The summed E-state index contributed by atoms with van der Waals surface area (Å²) in [5, 5.41) is 12.4. The predicted molar refractivity (Wildman–Crippen MR) is 107 cm³/mol. The lowest BCUT2D eigenvalue weighted by Crippen LogP contribution is -2.18. The van der Waals surface area contributed by atoms with Crippen LogP contribution >= 0.6 is 0 Å². The van der Waals surface area contributed by atoms with Crippen LogP contribution in [0.2, 0.25) is 0 Å². The van der Waals surface area contributed by atoms with Crippen LogP contribution in [-0.4, -0.2) is 19.6 Å². The van der Waals surface area contributed by atoms with Crippen LogP contribution in [-0.2, 0) is 6.54 Å². The van der Waals surface area contributed by atoms with E-state index in [2.05, 4.69) is 22.4 Å². The molecule has 5 nitrogen and oxygen atoms in total. The maximum atomic E-state index is 13.5. The molecular weight excluding hydrogens is 353 g/mol. The Morgan fingerprint density at radius 2 is 1.79 bits per heavy atom. The normalized spacial score (nSPS) is 12.2. The lowest BCUT2D eigenvalue weighted by atomic mass is 10.1. The molecule has 142 valence electrons. The summed E-state index contributed by atoms with van der Waals surface area (Å²) in [6.45, 7) is 4.79. The van der Waals surface area contributed by atoms with E-state index in [9.17, 15) is 4.39 Å². The second-order valence-corrected chi connectivity index (χ2v) is 6.81. The molecule has 2 heterocycles. The Bertz CT molecular complexity index is 1070. The molecule has 0 aliphatic carbocycles. The third-order valence-electron chi connectivity index (χ3n) is 4.84. The van der Waals surface area contributed by atoms with Crippen molar-refractivity contribution in [1.29, 1.82) is 0 Å². The van der Waals surface area contributed by atoms with Crippen molar-refractivity contribution in [3.8, 4) is 11.4 Å². The largest absolute Gasteiger partial charge is 0.306 e. The quantitative estimate of drug-likeness (QED) is 0.545. The highest BCUT2D eigenvalue weighted by molar-refractivity contribution is 5.36. The van der Waals surface area contributed by atoms with Gasteiger partial charge in [-0.25, -0.2) is 13.8 Å². The minimum absolute atomic E-state index is 0.0994. The maximum absolute atomic E-state index is 13.5. The Labute approximate surface area is 163 Å². The van der Waals surface area contributed by atoms with Crippen molar-refractivity contribution in [3.63, 3.8) is 0 Å². The molecule has 0 bridgehead atoms. The lowest BCUT2D eigenvalue weighted by molar-refractivity contribution is 0.571. The first-order valence-corrected chi connectivity index (χ1v) is 9.24. The molecule has 28 heavy (non-hydrogen) atoms. The molecular formula is C22H22FN5. The van der Waals surface area contributed by atoms with E-state index in [4.69, 9.17) is 0 Å². The molecule has 0 radical (unpaired) electrons. The average molecular weight is 375 g/mol. The number of benzene rings is 2. The molecule has 1 N–H and O–H groups in total. The number of nitrogens with one attached hydrogen (secondary N) is 1. The number of para-hydroxylation sites is 1. The van der Waals surface area contributed by atoms with Crippen LogP contribution in [0.25, 0.3) is 11.4 Å². The summed E-state index contributed by atoms with van der Waals surface area (Å²) >= 11 is 0. The summed E-state index contributed by atoms with van der Waals surface area (Å²) in [7, 11) is 0.